The van der Waals surface area contributed by atoms with Crippen molar-refractivity contribution in [1.29, 1.82) is 0 Å². The van der Waals surface area contributed by atoms with E-state index in [1.54, 1.807) is 31.2 Å². The van der Waals surface area contributed by atoms with Crippen LogP contribution >= 0.6 is 11.8 Å². The topological polar surface area (TPSA) is 69.8 Å². The zero-order chi connectivity index (χ0) is 17.3. The zero-order valence-corrected chi connectivity index (χ0v) is 14.6. The Balaban J connectivity index is 2.21. The molecule has 0 unspecified atom stereocenters. The normalized spacial score (nSPS) is 11.1. The van der Waals surface area contributed by atoms with Crippen LogP contribution in [-0.4, -0.2) is 19.1 Å². The average Bonchev–Trinajstić information content (AvgIpc) is 2.62. The molecule has 0 atom stereocenters. The number of hydrogen-bond donors (Lipinski definition) is 0. The van der Waals surface area contributed by atoms with E-state index in [4.69, 9.17) is 0 Å². The predicted octanol–water partition coefficient (Wildman–Crippen LogP) is 1.88. The number of fused-ring (bicyclic) bond motifs is 1. The Bertz CT molecular complexity index is 1010. The molecule has 0 N–H and O–H groups in total. The molecule has 3 aromatic heterocycles. The van der Waals surface area contributed by atoms with Crippen LogP contribution in [0.1, 0.15) is 18.1 Å². The fraction of sp³-hybridized carbons (Fsp3) is 0.294. The van der Waals surface area contributed by atoms with E-state index >= 15 is 0 Å². The van der Waals surface area contributed by atoms with Gasteiger partial charge in [0.15, 0.2) is 0 Å². The van der Waals surface area contributed by atoms with Gasteiger partial charge in [0.25, 0.3) is 5.56 Å². The van der Waals surface area contributed by atoms with E-state index in [2.05, 4.69) is 9.97 Å². The average molecular weight is 342 g/mol. The van der Waals surface area contributed by atoms with Crippen molar-refractivity contribution in [2.24, 2.45) is 14.1 Å². The molecule has 6 nitrogen and oxygen atoms in total. The van der Waals surface area contributed by atoms with E-state index in [1.807, 2.05) is 25.3 Å². The van der Waals surface area contributed by atoms with Crippen molar-refractivity contribution in [2.45, 2.75) is 24.0 Å². The number of hydrogen-bond acceptors (Lipinski definition) is 5. The molecule has 0 aliphatic rings. The third kappa shape index (κ3) is 2.75. The van der Waals surface area contributed by atoms with Gasteiger partial charge in [-0.1, -0.05) is 13.0 Å². The summed E-state index contributed by atoms with van der Waals surface area (Å²) < 4.78 is 2.56. The third-order valence-electron chi connectivity index (χ3n) is 3.98. The first-order valence-electron chi connectivity index (χ1n) is 7.64. The molecule has 0 fully saturated rings. The maximum Gasteiger partial charge on any atom is 0.332 e. The summed E-state index contributed by atoms with van der Waals surface area (Å²) in [6.07, 6.45) is 6.08. The molecule has 3 aromatic rings. The van der Waals surface area contributed by atoms with Crippen LogP contribution < -0.4 is 11.2 Å². The van der Waals surface area contributed by atoms with Crippen LogP contribution in [0.3, 0.4) is 0 Å². The van der Waals surface area contributed by atoms with Gasteiger partial charge in [-0.25, -0.2) is 9.78 Å². The Labute approximate surface area is 143 Å². The maximum absolute atomic E-state index is 12.7. The fourth-order valence-corrected chi connectivity index (χ4v) is 3.78. The molecule has 3 heterocycles. The Morgan fingerprint density at radius 1 is 1.17 bits per heavy atom. The van der Waals surface area contributed by atoms with E-state index in [0.717, 1.165) is 27.0 Å². The lowest BCUT2D eigenvalue weighted by Gasteiger charge is -2.13. The van der Waals surface area contributed by atoms with Crippen LogP contribution in [0.15, 0.2) is 45.2 Å². The number of thioether (sulfide) groups is 1. The second-order valence-electron chi connectivity index (χ2n) is 5.52. The molecule has 0 saturated heterocycles. The first-order valence-corrected chi connectivity index (χ1v) is 8.62. The second-order valence-corrected chi connectivity index (χ2v) is 6.51. The van der Waals surface area contributed by atoms with Crippen molar-refractivity contribution in [3.8, 4) is 0 Å². The molecule has 0 aromatic carbocycles. The molecular weight excluding hydrogens is 324 g/mol. The molecule has 24 heavy (non-hydrogen) atoms. The number of aryl methyl sites for hydroxylation is 2. The van der Waals surface area contributed by atoms with E-state index in [0.29, 0.717) is 16.8 Å². The summed E-state index contributed by atoms with van der Waals surface area (Å²) in [5, 5.41) is 0.507. The Morgan fingerprint density at radius 3 is 2.62 bits per heavy atom. The van der Waals surface area contributed by atoms with E-state index < -0.39 is 0 Å². The quantitative estimate of drug-likeness (QED) is 0.677. The van der Waals surface area contributed by atoms with Crippen LogP contribution in [0.5, 0.6) is 0 Å². The molecule has 0 bridgehead atoms. The van der Waals surface area contributed by atoms with Crippen LogP contribution in [-0.2, 0) is 26.3 Å². The molecule has 0 aliphatic carbocycles. The highest BCUT2D eigenvalue weighted by Crippen LogP contribution is 2.30. The number of aromatic nitrogens is 4. The highest BCUT2D eigenvalue weighted by molar-refractivity contribution is 7.98. The van der Waals surface area contributed by atoms with Gasteiger partial charge in [0, 0.05) is 43.3 Å². The maximum atomic E-state index is 12.7. The van der Waals surface area contributed by atoms with Gasteiger partial charge in [0.05, 0.1) is 5.39 Å². The number of pyridine rings is 2. The number of rotatable bonds is 4. The summed E-state index contributed by atoms with van der Waals surface area (Å²) in [6, 6.07) is 3.90. The van der Waals surface area contributed by atoms with Crippen LogP contribution in [0.25, 0.3) is 11.0 Å². The smallest absolute Gasteiger partial charge is 0.280 e. The molecule has 0 amide bonds. The van der Waals surface area contributed by atoms with Crippen LogP contribution in [0.4, 0.5) is 0 Å². The summed E-state index contributed by atoms with van der Waals surface area (Å²) in [5.41, 5.74) is 1.84. The molecule has 0 saturated carbocycles. The lowest BCUT2D eigenvalue weighted by molar-refractivity contribution is 0.705. The molecule has 7 heteroatoms. The van der Waals surface area contributed by atoms with Crippen molar-refractivity contribution in [3.05, 3.63) is 62.7 Å². The zero-order valence-electron chi connectivity index (χ0n) is 13.8. The lowest BCUT2D eigenvalue weighted by Crippen LogP contribution is -2.37. The third-order valence-corrected chi connectivity index (χ3v) is 5.21. The van der Waals surface area contributed by atoms with Crippen molar-refractivity contribution < 1.29 is 0 Å². The van der Waals surface area contributed by atoms with E-state index in [-0.39, 0.29) is 11.2 Å². The van der Waals surface area contributed by atoms with Gasteiger partial charge in [-0.15, -0.1) is 11.8 Å². The Kier molecular flexibility index (Phi) is 4.53. The van der Waals surface area contributed by atoms with Gasteiger partial charge in [-0.2, -0.15) is 0 Å². The predicted molar refractivity (Wildman–Crippen MR) is 95.4 cm³/mol. The van der Waals surface area contributed by atoms with E-state index in [9.17, 15) is 9.59 Å². The van der Waals surface area contributed by atoms with Gasteiger partial charge in [-0.3, -0.25) is 18.9 Å². The molecule has 0 radical (unpaired) electrons. The van der Waals surface area contributed by atoms with Gasteiger partial charge in [-0.05, 0) is 23.6 Å². The molecule has 0 aliphatic heterocycles. The summed E-state index contributed by atoms with van der Waals surface area (Å²) >= 11 is 1.58. The SMILES string of the molecule is CCc1cnc2c(c1SCc1cccnc1)c(=O)n(C)c(=O)n2C. The van der Waals surface area contributed by atoms with Gasteiger partial charge in [0.2, 0.25) is 0 Å². The van der Waals surface area contributed by atoms with Crippen molar-refractivity contribution in [2.75, 3.05) is 0 Å². The fourth-order valence-electron chi connectivity index (χ4n) is 2.60. The first kappa shape index (κ1) is 16.4. The van der Waals surface area contributed by atoms with Crippen molar-refractivity contribution in [3.63, 3.8) is 0 Å². The van der Waals surface area contributed by atoms with Crippen molar-refractivity contribution in [1.82, 2.24) is 19.1 Å². The van der Waals surface area contributed by atoms with Gasteiger partial charge < -0.3 is 0 Å². The molecule has 3 rings (SSSR count). The molecule has 124 valence electrons. The highest BCUT2D eigenvalue weighted by atomic mass is 32.2. The second kappa shape index (κ2) is 6.60. The standard InChI is InChI=1S/C17H18N4O2S/c1-4-12-9-19-15-13(16(22)21(3)17(23)20(15)2)14(12)24-10-11-6-5-7-18-8-11/h5-9H,4,10H2,1-3H3. The molecule has 0 spiro atoms. The summed E-state index contributed by atoms with van der Waals surface area (Å²) in [4.78, 5) is 34.2. The Hall–Kier alpha value is -2.41. The van der Waals surface area contributed by atoms with Gasteiger partial charge in [0.1, 0.15) is 5.65 Å². The minimum atomic E-state index is -0.368. The summed E-state index contributed by atoms with van der Waals surface area (Å²) in [5.74, 6) is 0.700. The van der Waals surface area contributed by atoms with Gasteiger partial charge >= 0.3 is 5.69 Å². The van der Waals surface area contributed by atoms with Crippen LogP contribution in [0.2, 0.25) is 0 Å². The Morgan fingerprint density at radius 2 is 1.96 bits per heavy atom. The van der Waals surface area contributed by atoms with E-state index in [1.165, 1.54) is 11.6 Å². The molecular formula is C17H18N4O2S. The van der Waals surface area contributed by atoms with Crippen LogP contribution in [0, 0.1) is 0 Å². The lowest BCUT2D eigenvalue weighted by atomic mass is 10.2. The minimum absolute atomic E-state index is 0.301. The first-order chi connectivity index (χ1) is 11.5. The largest absolute Gasteiger partial charge is 0.332 e. The summed E-state index contributed by atoms with van der Waals surface area (Å²) in [7, 11) is 3.14. The highest BCUT2D eigenvalue weighted by Gasteiger charge is 2.17. The number of nitrogens with zero attached hydrogens (tertiary/aromatic N) is 4. The van der Waals surface area contributed by atoms with Crippen molar-refractivity contribution >= 4 is 22.8 Å². The summed E-state index contributed by atoms with van der Waals surface area (Å²) in [6.45, 7) is 2.03. The monoisotopic (exact) mass is 342 g/mol. The minimum Gasteiger partial charge on any atom is -0.280 e.